The molecule has 2 aromatic rings. The van der Waals surface area contributed by atoms with Crippen LogP contribution in [0, 0.1) is 0 Å². The first kappa shape index (κ1) is 14.7. The van der Waals surface area contributed by atoms with Gasteiger partial charge in [0.05, 0.1) is 5.56 Å². The topological polar surface area (TPSA) is 46.5 Å². The zero-order valence-electron chi connectivity index (χ0n) is 9.83. The van der Waals surface area contributed by atoms with Gasteiger partial charge in [-0.05, 0) is 29.1 Å². The first-order chi connectivity index (χ1) is 9.29. The Bertz CT molecular complexity index is 702. The lowest BCUT2D eigenvalue weighted by molar-refractivity contribution is -0.137. The summed E-state index contributed by atoms with van der Waals surface area (Å²) in [7, 11) is -3.79. The number of benzene rings is 1. The first-order valence-corrected chi connectivity index (χ1v) is 7.62. The Morgan fingerprint density at radius 3 is 2.25 bits per heavy atom. The number of halogens is 3. The van der Waals surface area contributed by atoms with Gasteiger partial charge in [0.15, 0.2) is 0 Å². The van der Waals surface area contributed by atoms with E-state index in [-0.39, 0.29) is 9.77 Å². The molecule has 0 radical (unpaired) electrons. The van der Waals surface area contributed by atoms with E-state index in [1.54, 1.807) is 11.4 Å². The van der Waals surface area contributed by atoms with Gasteiger partial charge in [-0.15, -0.1) is 11.3 Å². The Morgan fingerprint density at radius 1 is 1.10 bits per heavy atom. The monoisotopic (exact) mass is 319 g/mol. The molecular formula is C12H8F3NO2S2. The highest BCUT2D eigenvalue weighted by Gasteiger charge is 2.29. The minimum Gasteiger partial charge on any atom is -0.198 e. The van der Waals surface area contributed by atoms with Crippen LogP contribution in [-0.2, 0) is 16.2 Å². The van der Waals surface area contributed by atoms with Crippen LogP contribution in [0.3, 0.4) is 0 Å². The molecule has 0 saturated heterocycles. The zero-order valence-corrected chi connectivity index (χ0v) is 11.5. The molecule has 106 valence electrons. The van der Waals surface area contributed by atoms with Gasteiger partial charge in [-0.25, -0.2) is 0 Å². The van der Waals surface area contributed by atoms with Crippen molar-refractivity contribution in [2.75, 3.05) is 0 Å². The van der Waals surface area contributed by atoms with Crippen molar-refractivity contribution in [3.63, 3.8) is 0 Å². The van der Waals surface area contributed by atoms with E-state index in [1.165, 1.54) is 6.07 Å². The second-order valence-corrected chi connectivity index (χ2v) is 6.57. The molecule has 0 aliphatic carbocycles. The van der Waals surface area contributed by atoms with E-state index in [0.29, 0.717) is 0 Å². The van der Waals surface area contributed by atoms with Crippen molar-refractivity contribution in [1.82, 2.24) is 0 Å². The molecule has 0 amide bonds. The molecule has 1 aromatic carbocycles. The van der Waals surface area contributed by atoms with Crippen LogP contribution >= 0.6 is 11.3 Å². The summed E-state index contributed by atoms with van der Waals surface area (Å²) in [6.45, 7) is 0. The molecule has 0 saturated carbocycles. The number of hydrogen-bond donors (Lipinski definition) is 0. The summed E-state index contributed by atoms with van der Waals surface area (Å²) in [4.78, 5) is 0. The Morgan fingerprint density at radius 2 is 1.75 bits per heavy atom. The van der Waals surface area contributed by atoms with E-state index in [2.05, 4.69) is 4.40 Å². The molecule has 0 aliphatic heterocycles. The Hall–Kier alpha value is -1.67. The van der Waals surface area contributed by atoms with Gasteiger partial charge in [-0.3, -0.25) is 0 Å². The highest BCUT2D eigenvalue weighted by Crippen LogP contribution is 2.29. The maximum Gasteiger partial charge on any atom is 0.416 e. The van der Waals surface area contributed by atoms with Crippen LogP contribution in [-0.4, -0.2) is 14.6 Å². The van der Waals surface area contributed by atoms with Crippen LogP contribution in [0.5, 0.6) is 0 Å². The third-order valence-electron chi connectivity index (χ3n) is 2.33. The van der Waals surface area contributed by atoms with Gasteiger partial charge in [-0.1, -0.05) is 18.2 Å². The fourth-order valence-corrected chi connectivity index (χ4v) is 3.20. The third-order valence-corrected chi connectivity index (χ3v) is 4.94. The maximum absolute atomic E-state index is 12.4. The maximum atomic E-state index is 12.4. The van der Waals surface area contributed by atoms with Crippen LogP contribution < -0.4 is 0 Å². The molecule has 3 nitrogen and oxygen atoms in total. The van der Waals surface area contributed by atoms with E-state index in [1.807, 2.05) is 0 Å². The van der Waals surface area contributed by atoms with Crippen molar-refractivity contribution < 1.29 is 21.6 Å². The molecule has 0 bridgehead atoms. The lowest BCUT2D eigenvalue weighted by Gasteiger charge is -2.05. The normalized spacial score (nSPS) is 12.9. The molecular weight excluding hydrogens is 311 g/mol. The molecule has 0 fully saturated rings. The van der Waals surface area contributed by atoms with E-state index in [4.69, 9.17) is 0 Å². The van der Waals surface area contributed by atoms with E-state index in [0.717, 1.165) is 41.8 Å². The van der Waals surface area contributed by atoms with Crippen molar-refractivity contribution in [3.05, 3.63) is 52.9 Å². The first-order valence-electron chi connectivity index (χ1n) is 5.30. The zero-order chi connectivity index (χ0) is 14.8. The average molecular weight is 319 g/mol. The van der Waals surface area contributed by atoms with E-state index >= 15 is 0 Å². The summed E-state index contributed by atoms with van der Waals surface area (Å²) in [5.74, 6) is 0. The van der Waals surface area contributed by atoms with Gasteiger partial charge in [0.1, 0.15) is 4.21 Å². The number of hydrogen-bond acceptors (Lipinski definition) is 3. The van der Waals surface area contributed by atoms with Crippen LogP contribution in [0.1, 0.15) is 11.1 Å². The molecule has 0 aliphatic rings. The second-order valence-electron chi connectivity index (χ2n) is 3.76. The van der Waals surface area contributed by atoms with Gasteiger partial charge in [0, 0.05) is 6.21 Å². The van der Waals surface area contributed by atoms with Crippen LogP contribution in [0.2, 0.25) is 0 Å². The number of alkyl halides is 3. The van der Waals surface area contributed by atoms with Crippen LogP contribution in [0.4, 0.5) is 13.2 Å². The Kier molecular flexibility index (Phi) is 3.96. The molecule has 1 heterocycles. The van der Waals surface area contributed by atoms with Crippen molar-refractivity contribution in [1.29, 1.82) is 0 Å². The van der Waals surface area contributed by atoms with Gasteiger partial charge in [-0.2, -0.15) is 26.0 Å². The molecule has 2 rings (SSSR count). The van der Waals surface area contributed by atoms with Crippen molar-refractivity contribution in [3.8, 4) is 0 Å². The molecule has 20 heavy (non-hydrogen) atoms. The number of nitrogens with zero attached hydrogens (tertiary/aromatic N) is 1. The lowest BCUT2D eigenvalue weighted by atomic mass is 10.1. The second kappa shape index (κ2) is 5.37. The summed E-state index contributed by atoms with van der Waals surface area (Å²) in [6.07, 6.45) is -3.39. The van der Waals surface area contributed by atoms with Gasteiger partial charge in [0.2, 0.25) is 0 Å². The number of thiophene rings is 1. The van der Waals surface area contributed by atoms with Crippen molar-refractivity contribution in [2.45, 2.75) is 10.4 Å². The van der Waals surface area contributed by atoms with Crippen molar-refractivity contribution in [2.24, 2.45) is 4.40 Å². The predicted octanol–water partition coefficient (Wildman–Crippen LogP) is 3.57. The number of sulfonamides is 1. The Labute approximate surface area is 117 Å². The number of rotatable bonds is 3. The molecule has 0 spiro atoms. The lowest BCUT2D eigenvalue weighted by Crippen LogP contribution is -2.04. The highest BCUT2D eigenvalue weighted by molar-refractivity contribution is 7.92. The Balaban J connectivity index is 2.21. The van der Waals surface area contributed by atoms with Crippen LogP contribution in [0.15, 0.2) is 50.4 Å². The van der Waals surface area contributed by atoms with E-state index < -0.39 is 21.8 Å². The minimum atomic E-state index is -4.42. The van der Waals surface area contributed by atoms with Crippen LogP contribution in [0.25, 0.3) is 0 Å². The highest BCUT2D eigenvalue weighted by atomic mass is 32.2. The molecule has 0 unspecified atom stereocenters. The molecule has 1 aromatic heterocycles. The summed E-state index contributed by atoms with van der Waals surface area (Å²) >= 11 is 1.02. The summed E-state index contributed by atoms with van der Waals surface area (Å²) < 4.78 is 64.0. The summed E-state index contributed by atoms with van der Waals surface area (Å²) in [5, 5.41) is 1.60. The average Bonchev–Trinajstić information content (AvgIpc) is 2.90. The predicted molar refractivity (Wildman–Crippen MR) is 70.5 cm³/mol. The molecule has 0 atom stereocenters. The molecule has 8 heteroatoms. The largest absolute Gasteiger partial charge is 0.416 e. The third kappa shape index (κ3) is 3.45. The smallest absolute Gasteiger partial charge is 0.198 e. The fourth-order valence-electron chi connectivity index (χ4n) is 1.35. The van der Waals surface area contributed by atoms with Gasteiger partial charge >= 0.3 is 6.18 Å². The van der Waals surface area contributed by atoms with Crippen molar-refractivity contribution >= 4 is 27.6 Å². The summed E-state index contributed by atoms with van der Waals surface area (Å²) in [6, 6.07) is 7.06. The minimum absolute atomic E-state index is 0.0839. The quantitative estimate of drug-likeness (QED) is 0.812. The van der Waals surface area contributed by atoms with E-state index in [9.17, 15) is 21.6 Å². The summed E-state index contributed by atoms with van der Waals surface area (Å²) in [5.41, 5.74) is -0.520. The fraction of sp³-hybridized carbons (Fsp3) is 0.0833. The standard InChI is InChI=1S/C12H8F3NO2S2/c13-12(14,15)10-5-3-9(4-6-10)8-16-20(17,18)11-2-1-7-19-11/h1-8H/b16-8+. The molecule has 0 N–H and O–H groups in total. The van der Waals surface area contributed by atoms with Gasteiger partial charge < -0.3 is 0 Å². The SMILES string of the molecule is O=S(=O)(/N=C/c1ccc(C(F)(F)F)cc1)c1cccs1. The van der Waals surface area contributed by atoms with Gasteiger partial charge in [0.25, 0.3) is 10.0 Å².